The number of nitrogens with zero attached hydrogens (tertiary/aromatic N) is 11. The maximum atomic E-state index is 13.4. The second-order valence-corrected chi connectivity index (χ2v) is 32.3. The van der Waals surface area contributed by atoms with Gasteiger partial charge in [0, 0.05) is 154 Å². The molecule has 16 rings (SSSR count). The Balaban J connectivity index is 0.000000116. The summed E-state index contributed by atoms with van der Waals surface area (Å²) in [4.78, 5) is 13.1. The lowest BCUT2D eigenvalue weighted by Crippen LogP contribution is -2.62. The van der Waals surface area contributed by atoms with E-state index in [9.17, 15) is 38.4 Å². The number of aromatic amines is 4. The van der Waals surface area contributed by atoms with Crippen LogP contribution < -0.4 is 24.3 Å². The molecule has 4 unspecified atom stereocenters. The highest BCUT2D eigenvalue weighted by Crippen LogP contribution is 2.43. The normalized spacial score (nSPS) is 20.3. The molecule has 5 N–H and O–H groups in total. The maximum absolute atomic E-state index is 13.4. The molecule has 96 heavy (non-hydrogen) atoms. The van der Waals surface area contributed by atoms with Crippen molar-refractivity contribution in [1.29, 1.82) is 0 Å². The minimum absolute atomic E-state index is 0.0448. The highest BCUT2D eigenvalue weighted by molar-refractivity contribution is 7.92. The van der Waals surface area contributed by atoms with Crippen LogP contribution in [0.4, 0.5) is 41.6 Å². The predicted molar refractivity (Wildman–Crippen MR) is 373 cm³/mol. The molecular weight excluding hydrogens is 1360 g/mol. The first kappa shape index (κ1) is 67.1. The predicted octanol–water partition coefficient (Wildman–Crippen LogP) is 11.9. The summed E-state index contributed by atoms with van der Waals surface area (Å²) in [5.41, 5.74) is 11.8. The van der Waals surface area contributed by atoms with Crippen LogP contribution >= 0.6 is 34.8 Å². The van der Waals surface area contributed by atoms with Crippen LogP contribution in [0.2, 0.25) is 15.1 Å². The molecule has 508 valence electrons. The van der Waals surface area contributed by atoms with E-state index in [-0.39, 0.29) is 30.7 Å². The Morgan fingerprint density at radius 3 is 1.34 bits per heavy atom. The molecule has 22 nitrogen and oxygen atoms in total. The quantitative estimate of drug-likeness (QED) is 0.0947. The average molecular weight is 1430 g/mol. The zero-order valence-electron chi connectivity index (χ0n) is 52.8. The minimum atomic E-state index is -4.46. The molecule has 2 aliphatic carbocycles. The van der Waals surface area contributed by atoms with E-state index >= 15 is 0 Å². The molecule has 31 heteroatoms. The maximum Gasteiger partial charge on any atom is 0.416 e. The van der Waals surface area contributed by atoms with Crippen LogP contribution in [-0.2, 0) is 62.2 Å². The minimum Gasteiger partial charge on any atom is -0.366 e. The van der Waals surface area contributed by atoms with Crippen molar-refractivity contribution in [2.24, 2.45) is 0 Å². The van der Waals surface area contributed by atoms with E-state index in [0.717, 1.165) is 163 Å². The highest BCUT2D eigenvalue weighted by atomic mass is 35.5. The molecular formula is C65H72Cl3F3N16O6S3. The number of fused-ring (bicyclic) bond motifs is 8. The van der Waals surface area contributed by atoms with Gasteiger partial charge in [-0.1, -0.05) is 66.6 Å². The van der Waals surface area contributed by atoms with E-state index in [1.54, 1.807) is 10.4 Å². The number of halogens is 6. The summed E-state index contributed by atoms with van der Waals surface area (Å²) in [5, 5.41) is 33.7. The lowest BCUT2D eigenvalue weighted by atomic mass is 9.87. The summed E-state index contributed by atoms with van der Waals surface area (Å²) in [6.07, 6.45) is 19.4. The topological polar surface area (TPSA) is 261 Å². The number of H-pyrrole nitrogens is 4. The monoisotopic (exact) mass is 1430 g/mol. The zero-order valence-corrected chi connectivity index (χ0v) is 57.5. The number of anilines is 5. The molecule has 5 aromatic carbocycles. The third-order valence-electron chi connectivity index (χ3n) is 19.1. The summed E-state index contributed by atoms with van der Waals surface area (Å²) >= 11 is 18.8. The summed E-state index contributed by atoms with van der Waals surface area (Å²) in [5.74, 6) is 0. The summed E-state index contributed by atoms with van der Waals surface area (Å²) < 4.78 is 117. The molecule has 9 heterocycles. The van der Waals surface area contributed by atoms with Crippen LogP contribution in [0.5, 0.6) is 0 Å². The highest BCUT2D eigenvalue weighted by Gasteiger charge is 2.44. The number of hydrogen-bond donors (Lipinski definition) is 5. The molecule has 4 atom stereocenters. The van der Waals surface area contributed by atoms with Gasteiger partial charge < -0.3 is 19.6 Å². The lowest BCUT2D eigenvalue weighted by Gasteiger charge is -2.50. The lowest BCUT2D eigenvalue weighted by molar-refractivity contribution is -0.137. The van der Waals surface area contributed by atoms with Crippen LogP contribution in [0.25, 0.3) is 43.6 Å². The number of aromatic nitrogens is 9. The van der Waals surface area contributed by atoms with Crippen molar-refractivity contribution in [3.63, 3.8) is 0 Å². The van der Waals surface area contributed by atoms with Gasteiger partial charge in [0.1, 0.15) is 0 Å². The molecule has 6 aliphatic rings. The summed E-state index contributed by atoms with van der Waals surface area (Å²) in [6, 6.07) is 21.5. The number of nitrogens with one attached hydrogen (secondary N) is 5. The van der Waals surface area contributed by atoms with E-state index in [0.29, 0.717) is 52.0 Å². The number of piperazine rings is 2. The molecule has 10 aromatic rings. The van der Waals surface area contributed by atoms with Crippen LogP contribution in [0.1, 0.15) is 79.2 Å². The van der Waals surface area contributed by atoms with Crippen molar-refractivity contribution in [1.82, 2.24) is 54.4 Å². The Hall–Kier alpha value is -7.44. The molecule has 2 saturated heterocycles. The molecule has 0 amide bonds. The van der Waals surface area contributed by atoms with Crippen LogP contribution in [0, 0.1) is 0 Å². The first-order chi connectivity index (χ1) is 45.8. The SMILES string of the molecule is CS(=O)(=O)N1CCN(c2cc(C(F)(F)F)cc3[nH]ncc23)C2CCCCC21.CS(=O)(=O)N1CCN(c2cc(Cl)cc3[nH]ncc23)C2CCCCC21.CS(=O)(=O)Nc1ccc2c(c1)CCN(c1cc(Cl)cc3[nH]ncc13)C2.Clc1cc(N2CCc3cnccc3C2)c2cn[nH]c2c1. The molecule has 0 spiro atoms. The Morgan fingerprint density at radius 1 is 0.469 bits per heavy atom. The number of hydrogen-bond acceptors (Lipinski definition) is 15. The Bertz CT molecular complexity index is 4880. The van der Waals surface area contributed by atoms with Gasteiger partial charge in [-0.05, 0) is 128 Å². The number of benzene rings is 5. The number of alkyl halides is 3. The van der Waals surface area contributed by atoms with Crippen LogP contribution in [-0.4, -0.2) is 162 Å². The largest absolute Gasteiger partial charge is 0.416 e. The molecule has 0 bridgehead atoms. The van der Waals surface area contributed by atoms with Crippen molar-refractivity contribution in [2.45, 2.75) is 108 Å². The van der Waals surface area contributed by atoms with Crippen molar-refractivity contribution < 1.29 is 38.4 Å². The van der Waals surface area contributed by atoms with Gasteiger partial charge in [0.05, 0.1) is 71.2 Å². The zero-order chi connectivity index (χ0) is 67.4. The molecule has 4 aliphatic heterocycles. The van der Waals surface area contributed by atoms with Crippen molar-refractivity contribution in [3.8, 4) is 0 Å². The average Bonchev–Trinajstić information content (AvgIpc) is 1.08. The summed E-state index contributed by atoms with van der Waals surface area (Å²) in [6.45, 7) is 5.26. The van der Waals surface area contributed by atoms with Crippen molar-refractivity contribution in [3.05, 3.63) is 153 Å². The van der Waals surface area contributed by atoms with E-state index in [2.05, 4.69) is 71.3 Å². The first-order valence-electron chi connectivity index (χ1n) is 31.7. The smallest absolute Gasteiger partial charge is 0.366 e. The van der Waals surface area contributed by atoms with Gasteiger partial charge in [0.15, 0.2) is 0 Å². The Kier molecular flexibility index (Phi) is 19.0. The van der Waals surface area contributed by atoms with Crippen LogP contribution in [0.15, 0.2) is 110 Å². The van der Waals surface area contributed by atoms with E-state index < -0.39 is 41.8 Å². The molecule has 4 fully saturated rings. The fourth-order valence-electron chi connectivity index (χ4n) is 14.9. The molecule has 5 aromatic heterocycles. The van der Waals surface area contributed by atoms with E-state index in [4.69, 9.17) is 34.8 Å². The van der Waals surface area contributed by atoms with E-state index in [1.807, 2.05) is 84.4 Å². The fourth-order valence-corrected chi connectivity index (χ4v) is 18.4. The second-order valence-electron chi connectivity index (χ2n) is 25.4. The molecule has 2 saturated carbocycles. The van der Waals surface area contributed by atoms with Gasteiger partial charge >= 0.3 is 6.18 Å². The second kappa shape index (κ2) is 27.1. The first-order valence-corrected chi connectivity index (χ1v) is 38.4. The number of pyridine rings is 1. The number of rotatable bonds is 8. The Labute approximate surface area is 569 Å². The van der Waals surface area contributed by atoms with Gasteiger partial charge in [-0.25, -0.2) is 25.3 Å². The van der Waals surface area contributed by atoms with Crippen LogP contribution in [0.3, 0.4) is 0 Å². The molecule has 0 radical (unpaired) electrons. The fraction of sp³-hybridized carbons (Fsp3) is 0.400. The third-order valence-corrected chi connectivity index (χ3v) is 23.0. The van der Waals surface area contributed by atoms with Crippen molar-refractivity contribution >= 4 is 137 Å². The Morgan fingerprint density at radius 2 is 0.885 bits per heavy atom. The van der Waals surface area contributed by atoms with Gasteiger partial charge in [-0.15, -0.1) is 0 Å². The number of sulfonamides is 3. The van der Waals surface area contributed by atoms with Gasteiger partial charge in [0.25, 0.3) is 0 Å². The van der Waals surface area contributed by atoms with Gasteiger partial charge in [0.2, 0.25) is 30.1 Å². The van der Waals surface area contributed by atoms with Gasteiger partial charge in [-0.2, -0.15) is 42.2 Å². The van der Waals surface area contributed by atoms with Crippen molar-refractivity contribution in [2.75, 3.05) is 82.4 Å². The van der Waals surface area contributed by atoms with Gasteiger partial charge in [-0.3, -0.25) is 30.1 Å². The summed E-state index contributed by atoms with van der Waals surface area (Å²) in [7, 11) is -9.80. The third kappa shape index (κ3) is 14.4. The van der Waals surface area contributed by atoms with E-state index in [1.165, 1.54) is 45.8 Å². The standard InChI is InChI=1S/C17H17ClN4O2S.C17H21F3N4O2S.C16H21ClN4O2S.C15H13ClN4/c1-25(23,24)21-14-3-2-12-10-22(5-4-11(12)6-14)17-8-13(18)7-16-15(17)9-19-20-16;1-27(25,26)24-7-6-23(14-4-2-3-5-15(14)24)16-9-11(17(18,19)20)8-13-12(16)10-21-22-13;1-24(22,23)21-7-6-20(14-4-2-3-5-15(14)21)16-9-11(17)8-13-12(16)10-18-19-13;16-12-5-14-13(8-18-19-14)15(6-12)20-4-2-10-7-17-3-1-11(10)9-20/h2-3,6-9,21H,4-5,10H2,1H3,(H,19,20);8-10,14-15H,2-7H2,1H3,(H,21,22);8-10,14-15H,2-7H2,1H3,(H,18,19);1,3,5-8H,2,4,9H2,(H,18,19).